The average molecular weight is 220 g/mol. The third kappa shape index (κ3) is 2.19. The Kier molecular flexibility index (Phi) is 2.72. The molecule has 0 unspecified atom stereocenters. The summed E-state index contributed by atoms with van der Waals surface area (Å²) in [6, 6.07) is 7.86. The van der Waals surface area contributed by atoms with Gasteiger partial charge in [-0.1, -0.05) is 12.1 Å². The van der Waals surface area contributed by atoms with E-state index in [4.69, 9.17) is 7.48 Å². The molecule has 0 amide bonds. The van der Waals surface area contributed by atoms with E-state index in [1.807, 2.05) is 36.2 Å². The van der Waals surface area contributed by atoms with Gasteiger partial charge in [0.25, 0.3) is 0 Å². The number of para-hydroxylation sites is 2. The van der Waals surface area contributed by atoms with E-state index in [1.54, 1.807) is 12.0 Å². The van der Waals surface area contributed by atoms with E-state index >= 15 is 0 Å². The van der Waals surface area contributed by atoms with Crippen LogP contribution in [0.3, 0.4) is 0 Å². The fourth-order valence-corrected chi connectivity index (χ4v) is 1.78. The van der Waals surface area contributed by atoms with Gasteiger partial charge in [0.15, 0.2) is 0 Å². The Balaban J connectivity index is 2.31. The SMILES string of the molecule is [2H]C1=C([2H])N(CCCOC)c2ccccc2N1C. The topological polar surface area (TPSA) is 15.7 Å². The van der Waals surface area contributed by atoms with Crippen LogP contribution in [0.15, 0.2) is 36.6 Å². The minimum Gasteiger partial charge on any atom is -0.385 e. The van der Waals surface area contributed by atoms with Crippen molar-refractivity contribution in [2.75, 3.05) is 37.1 Å². The second-order valence-electron chi connectivity index (χ2n) is 3.77. The van der Waals surface area contributed by atoms with Crippen molar-refractivity contribution in [3.8, 4) is 0 Å². The molecule has 1 aromatic rings. The quantitative estimate of drug-likeness (QED) is 0.725. The van der Waals surface area contributed by atoms with Crippen LogP contribution >= 0.6 is 0 Å². The first-order chi connectivity index (χ1) is 8.66. The highest BCUT2D eigenvalue weighted by Gasteiger charge is 2.14. The smallest absolute Gasteiger partial charge is 0.0834 e. The number of rotatable bonds is 4. The van der Waals surface area contributed by atoms with E-state index in [1.165, 1.54) is 0 Å². The number of nitrogens with zero attached hydrogens (tertiary/aromatic N) is 2. The molecule has 0 radical (unpaired) electrons. The van der Waals surface area contributed by atoms with Crippen LogP contribution in [0.4, 0.5) is 11.4 Å². The number of hydrogen-bond donors (Lipinski definition) is 0. The van der Waals surface area contributed by atoms with E-state index in [0.717, 1.165) is 17.8 Å². The molecule has 2 rings (SSSR count). The fraction of sp³-hybridized carbons (Fsp3) is 0.385. The molecule has 16 heavy (non-hydrogen) atoms. The van der Waals surface area contributed by atoms with Crippen molar-refractivity contribution >= 4 is 11.4 Å². The van der Waals surface area contributed by atoms with E-state index in [9.17, 15) is 0 Å². The molecule has 3 heteroatoms. The summed E-state index contributed by atoms with van der Waals surface area (Å²) < 4.78 is 21.1. The molecule has 1 aliphatic rings. The first-order valence-corrected chi connectivity index (χ1v) is 5.43. The molecular formula is C13H18N2O. The van der Waals surface area contributed by atoms with Gasteiger partial charge in [-0.2, -0.15) is 0 Å². The summed E-state index contributed by atoms with van der Waals surface area (Å²) in [4.78, 5) is 3.61. The number of anilines is 2. The molecule has 1 heterocycles. The van der Waals surface area contributed by atoms with Crippen molar-refractivity contribution < 1.29 is 7.48 Å². The highest BCUT2D eigenvalue weighted by atomic mass is 16.5. The van der Waals surface area contributed by atoms with Gasteiger partial charge < -0.3 is 14.5 Å². The summed E-state index contributed by atoms with van der Waals surface area (Å²) in [6.07, 6.45) is 1.31. The minimum absolute atomic E-state index is 0.228. The molecule has 0 saturated carbocycles. The third-order valence-corrected chi connectivity index (χ3v) is 2.62. The summed E-state index contributed by atoms with van der Waals surface area (Å²) in [6.45, 7) is 1.36. The first-order valence-electron chi connectivity index (χ1n) is 6.43. The van der Waals surface area contributed by atoms with Crippen LogP contribution in [-0.4, -0.2) is 27.3 Å². The van der Waals surface area contributed by atoms with Crippen molar-refractivity contribution in [3.63, 3.8) is 0 Å². The van der Waals surface area contributed by atoms with E-state index in [-0.39, 0.29) is 12.4 Å². The monoisotopic (exact) mass is 220 g/mol. The summed E-state index contributed by atoms with van der Waals surface area (Å²) in [5.74, 6) is 0. The van der Waals surface area contributed by atoms with Crippen LogP contribution in [0.5, 0.6) is 0 Å². The van der Waals surface area contributed by atoms with Gasteiger partial charge in [0.1, 0.15) is 0 Å². The molecular weight excluding hydrogens is 200 g/mol. The molecule has 0 saturated heterocycles. The predicted octanol–water partition coefficient (Wildman–Crippen LogP) is 2.45. The van der Waals surface area contributed by atoms with Crippen molar-refractivity contribution in [3.05, 3.63) is 36.6 Å². The highest BCUT2D eigenvalue weighted by Crippen LogP contribution is 2.32. The van der Waals surface area contributed by atoms with E-state index in [2.05, 4.69) is 0 Å². The summed E-state index contributed by atoms with van der Waals surface area (Å²) in [7, 11) is 3.49. The molecule has 3 nitrogen and oxygen atoms in total. The maximum absolute atomic E-state index is 8.07. The first kappa shape index (κ1) is 8.65. The standard InChI is InChI=1S/C13H18N2O/c1-14-9-10-15(8-5-11-16-2)13-7-4-3-6-12(13)14/h3-4,6-7,9-10H,5,8,11H2,1-2H3/i9D,10D. The van der Waals surface area contributed by atoms with Crippen LogP contribution in [0, 0.1) is 0 Å². The van der Waals surface area contributed by atoms with Crippen molar-refractivity contribution in [2.45, 2.75) is 6.42 Å². The zero-order valence-electron chi connectivity index (χ0n) is 11.7. The van der Waals surface area contributed by atoms with E-state index in [0.29, 0.717) is 13.2 Å². The van der Waals surface area contributed by atoms with Gasteiger partial charge >= 0.3 is 0 Å². The van der Waals surface area contributed by atoms with Crippen LogP contribution in [0.25, 0.3) is 0 Å². The maximum atomic E-state index is 8.07. The number of ether oxygens (including phenoxy) is 1. The fourth-order valence-electron chi connectivity index (χ4n) is 1.78. The summed E-state index contributed by atoms with van der Waals surface area (Å²) in [5.41, 5.74) is 1.95. The molecule has 1 aliphatic heterocycles. The van der Waals surface area contributed by atoms with Gasteiger partial charge in [-0.3, -0.25) is 0 Å². The molecule has 86 valence electrons. The number of benzene rings is 1. The van der Waals surface area contributed by atoms with Crippen molar-refractivity contribution in [1.82, 2.24) is 0 Å². The minimum atomic E-state index is 0.228. The lowest BCUT2D eigenvalue weighted by atomic mass is 10.2. The Morgan fingerprint density at radius 3 is 2.75 bits per heavy atom. The maximum Gasteiger partial charge on any atom is 0.0834 e. The molecule has 0 N–H and O–H groups in total. The second kappa shape index (κ2) is 5.03. The molecule has 0 spiro atoms. The van der Waals surface area contributed by atoms with Crippen molar-refractivity contribution in [2.24, 2.45) is 0 Å². The van der Waals surface area contributed by atoms with Crippen LogP contribution in [0.2, 0.25) is 0 Å². The Morgan fingerprint density at radius 1 is 1.25 bits per heavy atom. The zero-order valence-corrected chi connectivity index (χ0v) is 9.73. The Hall–Kier alpha value is -1.48. The lowest BCUT2D eigenvalue weighted by Crippen LogP contribution is -2.26. The van der Waals surface area contributed by atoms with Crippen LogP contribution in [-0.2, 0) is 4.74 Å². The zero-order chi connectivity index (χ0) is 13.1. The number of fused-ring (bicyclic) bond motifs is 1. The summed E-state index contributed by atoms with van der Waals surface area (Å²) in [5, 5.41) is 0. The Labute approximate surface area is 99.7 Å². The number of methoxy groups -OCH3 is 1. The Morgan fingerprint density at radius 2 is 2.00 bits per heavy atom. The normalized spacial score (nSPS) is 17.1. The molecule has 0 atom stereocenters. The highest BCUT2D eigenvalue weighted by molar-refractivity contribution is 5.75. The molecule has 1 aromatic carbocycles. The van der Waals surface area contributed by atoms with Crippen molar-refractivity contribution in [1.29, 1.82) is 0 Å². The van der Waals surface area contributed by atoms with Crippen LogP contribution < -0.4 is 9.80 Å². The molecule has 0 bridgehead atoms. The van der Waals surface area contributed by atoms with Gasteiger partial charge in [0.05, 0.1) is 14.1 Å². The predicted molar refractivity (Wildman–Crippen MR) is 67.8 cm³/mol. The summed E-state index contributed by atoms with van der Waals surface area (Å²) >= 11 is 0. The lowest BCUT2D eigenvalue weighted by Gasteiger charge is -2.31. The van der Waals surface area contributed by atoms with Gasteiger partial charge in [-0.15, -0.1) is 0 Å². The van der Waals surface area contributed by atoms with Gasteiger partial charge in [0.2, 0.25) is 0 Å². The van der Waals surface area contributed by atoms with E-state index < -0.39 is 0 Å². The average Bonchev–Trinajstić information content (AvgIpc) is 2.40. The van der Waals surface area contributed by atoms with Gasteiger partial charge in [0, 0.05) is 39.7 Å². The lowest BCUT2D eigenvalue weighted by molar-refractivity contribution is 0.196. The van der Waals surface area contributed by atoms with Crippen LogP contribution in [0.1, 0.15) is 9.16 Å². The molecule has 0 fully saturated rings. The molecule has 0 aromatic heterocycles. The second-order valence-corrected chi connectivity index (χ2v) is 3.77. The van der Waals surface area contributed by atoms with Gasteiger partial charge in [-0.05, 0) is 18.6 Å². The third-order valence-electron chi connectivity index (χ3n) is 2.62. The largest absolute Gasteiger partial charge is 0.385 e. The number of hydrogen-bond acceptors (Lipinski definition) is 3. The van der Waals surface area contributed by atoms with Gasteiger partial charge in [-0.25, -0.2) is 0 Å². The Bertz CT molecular complexity index is 462. The molecule has 0 aliphatic carbocycles.